The normalized spacial score (nSPS) is 16.0. The number of carbonyl (C=O) groups is 2. The molecule has 0 spiro atoms. The molecule has 2 aromatic rings. The molecule has 0 fully saturated rings. The Balaban J connectivity index is 1.98. The highest BCUT2D eigenvalue weighted by atomic mass is 35.5. The molecule has 1 atom stereocenters. The Bertz CT molecular complexity index is 925. The van der Waals surface area contributed by atoms with Gasteiger partial charge >= 0.3 is 0 Å². The Morgan fingerprint density at radius 2 is 2.15 bits per heavy atom. The molecule has 26 heavy (non-hydrogen) atoms. The molecule has 0 radical (unpaired) electrons. The molecular formula is C17H16ClN3O4S. The molecular weight excluding hydrogens is 378 g/mol. The summed E-state index contributed by atoms with van der Waals surface area (Å²) in [5.41, 5.74) is 6.18. The monoisotopic (exact) mass is 393 g/mol. The number of thiophene rings is 1. The molecule has 1 aromatic carbocycles. The van der Waals surface area contributed by atoms with E-state index in [1.807, 2.05) is 0 Å². The average Bonchev–Trinajstić information content (AvgIpc) is 2.91. The summed E-state index contributed by atoms with van der Waals surface area (Å²) in [7, 11) is 0. The zero-order valence-corrected chi connectivity index (χ0v) is 15.4. The number of fused-ring (bicyclic) bond motifs is 1. The average molecular weight is 394 g/mol. The third-order valence-electron chi connectivity index (χ3n) is 4.39. The van der Waals surface area contributed by atoms with Crippen LogP contribution in [0.25, 0.3) is 0 Å². The smallest absolute Gasteiger partial charge is 0.283 e. The van der Waals surface area contributed by atoms with Gasteiger partial charge in [-0.25, -0.2) is 0 Å². The number of rotatable bonds is 4. The van der Waals surface area contributed by atoms with E-state index < -0.39 is 22.4 Å². The number of primary amides is 1. The second-order valence-electron chi connectivity index (χ2n) is 6.29. The highest BCUT2D eigenvalue weighted by molar-refractivity contribution is 7.17. The first-order chi connectivity index (χ1) is 12.3. The fourth-order valence-electron chi connectivity index (χ4n) is 3.12. The van der Waals surface area contributed by atoms with E-state index in [0.29, 0.717) is 16.5 Å². The molecule has 136 valence electrons. The lowest BCUT2D eigenvalue weighted by Gasteiger charge is -2.18. The van der Waals surface area contributed by atoms with Gasteiger partial charge in [-0.05, 0) is 42.9 Å². The second kappa shape index (κ2) is 7.05. The lowest BCUT2D eigenvalue weighted by molar-refractivity contribution is -0.385. The van der Waals surface area contributed by atoms with Crippen LogP contribution in [0.5, 0.6) is 0 Å². The van der Waals surface area contributed by atoms with Crippen LogP contribution >= 0.6 is 22.9 Å². The summed E-state index contributed by atoms with van der Waals surface area (Å²) in [4.78, 5) is 36.1. The van der Waals surface area contributed by atoms with Crippen LogP contribution in [0.1, 0.15) is 44.5 Å². The summed E-state index contributed by atoms with van der Waals surface area (Å²) < 4.78 is 0. The molecule has 0 unspecified atom stereocenters. The highest BCUT2D eigenvalue weighted by Crippen LogP contribution is 2.39. The third kappa shape index (κ3) is 3.42. The Morgan fingerprint density at radius 1 is 1.42 bits per heavy atom. The van der Waals surface area contributed by atoms with E-state index in [-0.39, 0.29) is 10.6 Å². The van der Waals surface area contributed by atoms with Crippen LogP contribution < -0.4 is 11.1 Å². The SMILES string of the molecule is C[C@@H]1CCc2c(sc(NC(=O)c3ccc(Cl)cc3[N+](=O)[O-])c2C(N)=O)C1. The van der Waals surface area contributed by atoms with Crippen LogP contribution in [-0.2, 0) is 12.8 Å². The van der Waals surface area contributed by atoms with Crippen molar-refractivity contribution >= 4 is 45.4 Å². The number of nitrogens with one attached hydrogen (secondary N) is 1. The number of nitrogens with zero attached hydrogens (tertiary/aromatic N) is 1. The molecule has 2 amide bonds. The summed E-state index contributed by atoms with van der Waals surface area (Å²) >= 11 is 7.09. The summed E-state index contributed by atoms with van der Waals surface area (Å²) in [5.74, 6) is -0.803. The van der Waals surface area contributed by atoms with Gasteiger partial charge in [0.25, 0.3) is 17.5 Å². The van der Waals surface area contributed by atoms with Gasteiger partial charge in [-0.3, -0.25) is 19.7 Å². The number of nitro groups is 1. The minimum atomic E-state index is -0.678. The van der Waals surface area contributed by atoms with Gasteiger partial charge in [-0.1, -0.05) is 18.5 Å². The van der Waals surface area contributed by atoms with E-state index in [4.69, 9.17) is 17.3 Å². The second-order valence-corrected chi connectivity index (χ2v) is 7.83. The summed E-state index contributed by atoms with van der Waals surface area (Å²) in [5, 5.41) is 14.3. The van der Waals surface area contributed by atoms with E-state index in [2.05, 4.69) is 12.2 Å². The van der Waals surface area contributed by atoms with Crippen molar-refractivity contribution in [2.75, 3.05) is 5.32 Å². The molecule has 1 aliphatic rings. The van der Waals surface area contributed by atoms with Crippen molar-refractivity contribution in [1.29, 1.82) is 0 Å². The molecule has 1 heterocycles. The van der Waals surface area contributed by atoms with E-state index >= 15 is 0 Å². The van der Waals surface area contributed by atoms with Gasteiger partial charge in [0.2, 0.25) is 0 Å². The summed E-state index contributed by atoms with van der Waals surface area (Å²) in [6, 6.07) is 3.81. The van der Waals surface area contributed by atoms with Gasteiger partial charge in [0.1, 0.15) is 10.6 Å². The highest BCUT2D eigenvalue weighted by Gasteiger charge is 2.28. The first-order valence-corrected chi connectivity index (χ1v) is 9.17. The topological polar surface area (TPSA) is 115 Å². The van der Waals surface area contributed by atoms with Crippen molar-refractivity contribution in [2.24, 2.45) is 11.7 Å². The summed E-state index contributed by atoms with van der Waals surface area (Å²) in [6.07, 6.45) is 2.49. The number of amides is 2. The number of hydrogen-bond acceptors (Lipinski definition) is 5. The van der Waals surface area contributed by atoms with Gasteiger partial charge in [-0.15, -0.1) is 11.3 Å². The van der Waals surface area contributed by atoms with Gasteiger partial charge < -0.3 is 11.1 Å². The molecule has 0 saturated carbocycles. The van der Waals surface area contributed by atoms with Crippen molar-refractivity contribution in [3.63, 3.8) is 0 Å². The number of carbonyl (C=O) groups excluding carboxylic acids is 2. The van der Waals surface area contributed by atoms with Crippen molar-refractivity contribution < 1.29 is 14.5 Å². The maximum atomic E-state index is 12.6. The molecule has 3 N–H and O–H groups in total. The molecule has 0 bridgehead atoms. The number of nitrogens with two attached hydrogens (primary N) is 1. The van der Waals surface area contributed by atoms with E-state index in [9.17, 15) is 19.7 Å². The van der Waals surface area contributed by atoms with Gasteiger partial charge in [0, 0.05) is 16.0 Å². The Morgan fingerprint density at radius 3 is 2.81 bits per heavy atom. The van der Waals surface area contributed by atoms with Crippen LogP contribution in [0.3, 0.4) is 0 Å². The molecule has 9 heteroatoms. The molecule has 7 nitrogen and oxygen atoms in total. The number of benzene rings is 1. The van der Waals surface area contributed by atoms with E-state index in [0.717, 1.165) is 35.8 Å². The number of anilines is 1. The Hall–Kier alpha value is -2.45. The van der Waals surface area contributed by atoms with Gasteiger partial charge in [0.15, 0.2) is 0 Å². The predicted octanol–water partition coefficient (Wildman–Crippen LogP) is 3.79. The van der Waals surface area contributed by atoms with Crippen molar-refractivity contribution in [3.05, 3.63) is 54.9 Å². The van der Waals surface area contributed by atoms with Crippen LogP contribution in [0.15, 0.2) is 18.2 Å². The lowest BCUT2D eigenvalue weighted by Crippen LogP contribution is -2.19. The number of halogens is 1. The standard InChI is InChI=1S/C17H16ClN3O4S/c1-8-2-4-11-13(6-8)26-17(14(11)15(19)22)20-16(23)10-5-3-9(18)7-12(10)21(24)25/h3,5,7-8H,2,4,6H2,1H3,(H2,19,22)(H,20,23)/t8-/m1/s1. The van der Waals surface area contributed by atoms with Crippen LogP contribution in [0.2, 0.25) is 5.02 Å². The van der Waals surface area contributed by atoms with E-state index in [1.54, 1.807) is 0 Å². The van der Waals surface area contributed by atoms with Crippen LogP contribution in [0.4, 0.5) is 10.7 Å². The first kappa shape index (κ1) is 18.3. The van der Waals surface area contributed by atoms with Gasteiger partial charge in [0.05, 0.1) is 10.5 Å². The lowest BCUT2D eigenvalue weighted by atomic mass is 9.88. The largest absolute Gasteiger partial charge is 0.365 e. The Labute approximate surface area is 158 Å². The third-order valence-corrected chi connectivity index (χ3v) is 5.79. The molecule has 1 aromatic heterocycles. The maximum Gasteiger partial charge on any atom is 0.283 e. The minimum absolute atomic E-state index is 0.130. The zero-order chi connectivity index (χ0) is 19.0. The molecule has 1 aliphatic carbocycles. The summed E-state index contributed by atoms with van der Waals surface area (Å²) in [6.45, 7) is 2.13. The van der Waals surface area contributed by atoms with Crippen LogP contribution in [0, 0.1) is 16.0 Å². The van der Waals surface area contributed by atoms with Crippen LogP contribution in [-0.4, -0.2) is 16.7 Å². The maximum absolute atomic E-state index is 12.6. The quantitative estimate of drug-likeness (QED) is 0.607. The number of hydrogen-bond donors (Lipinski definition) is 2. The fraction of sp³-hybridized carbons (Fsp3) is 0.294. The van der Waals surface area contributed by atoms with E-state index in [1.165, 1.54) is 23.5 Å². The number of nitro benzene ring substituents is 1. The van der Waals surface area contributed by atoms with Crippen molar-refractivity contribution in [1.82, 2.24) is 0 Å². The first-order valence-electron chi connectivity index (χ1n) is 7.97. The van der Waals surface area contributed by atoms with Gasteiger partial charge in [-0.2, -0.15) is 0 Å². The fourth-order valence-corrected chi connectivity index (χ4v) is 4.70. The zero-order valence-electron chi connectivity index (χ0n) is 13.9. The van der Waals surface area contributed by atoms with Crippen molar-refractivity contribution in [2.45, 2.75) is 26.2 Å². The Kier molecular flexibility index (Phi) is 4.97. The predicted molar refractivity (Wildman–Crippen MR) is 100 cm³/mol. The molecule has 3 rings (SSSR count). The molecule has 0 aliphatic heterocycles. The minimum Gasteiger partial charge on any atom is -0.365 e. The molecule has 0 saturated heterocycles. The van der Waals surface area contributed by atoms with Crippen molar-refractivity contribution in [3.8, 4) is 0 Å².